The highest BCUT2D eigenvalue weighted by molar-refractivity contribution is 5.94. The van der Waals surface area contributed by atoms with Gasteiger partial charge in [-0.05, 0) is 63.5 Å². The normalized spacial score (nSPS) is 15.6. The number of hydrogen-bond donors (Lipinski definition) is 1. The van der Waals surface area contributed by atoms with Gasteiger partial charge >= 0.3 is 0 Å². The summed E-state index contributed by atoms with van der Waals surface area (Å²) in [5.41, 5.74) is 2.00. The van der Waals surface area contributed by atoms with Crippen LogP contribution in [0.2, 0.25) is 0 Å². The molecule has 0 spiro atoms. The second kappa shape index (κ2) is 9.94. The molecular weight excluding hydrogens is 372 g/mol. The highest BCUT2D eigenvalue weighted by Gasteiger charge is 2.36. The lowest BCUT2D eigenvalue weighted by molar-refractivity contribution is 0.0740. The molecule has 1 aliphatic heterocycles. The van der Waals surface area contributed by atoms with Gasteiger partial charge in [0.2, 0.25) is 0 Å². The molecular formula is C23H31ClN2O2. The lowest BCUT2D eigenvalue weighted by atomic mass is 9.72. The third kappa shape index (κ3) is 5.27. The van der Waals surface area contributed by atoms with Crippen LogP contribution in [0.1, 0.15) is 42.6 Å². The molecule has 1 N–H and O–H groups in total. The van der Waals surface area contributed by atoms with Crippen molar-refractivity contribution in [3.63, 3.8) is 0 Å². The van der Waals surface area contributed by atoms with E-state index in [1.165, 1.54) is 5.56 Å². The van der Waals surface area contributed by atoms with Gasteiger partial charge in [-0.1, -0.05) is 36.4 Å². The molecule has 152 valence electrons. The average molecular weight is 403 g/mol. The number of rotatable bonds is 6. The Kier molecular flexibility index (Phi) is 7.90. The minimum atomic E-state index is 0. The van der Waals surface area contributed by atoms with E-state index >= 15 is 0 Å². The van der Waals surface area contributed by atoms with E-state index in [0.29, 0.717) is 12.1 Å². The van der Waals surface area contributed by atoms with E-state index in [2.05, 4.69) is 29.6 Å². The van der Waals surface area contributed by atoms with E-state index in [0.717, 1.165) is 31.7 Å². The maximum atomic E-state index is 13.1. The zero-order valence-electron chi connectivity index (χ0n) is 17.0. The molecule has 1 aliphatic rings. The van der Waals surface area contributed by atoms with Crippen LogP contribution in [0.3, 0.4) is 0 Å². The topological polar surface area (TPSA) is 41.6 Å². The first-order valence-electron chi connectivity index (χ1n) is 9.79. The Hall–Kier alpha value is -2.04. The average Bonchev–Trinajstić information content (AvgIpc) is 2.68. The van der Waals surface area contributed by atoms with Crippen molar-refractivity contribution in [1.29, 1.82) is 0 Å². The molecule has 0 aliphatic carbocycles. The smallest absolute Gasteiger partial charge is 0.253 e. The molecule has 0 aromatic heterocycles. The quantitative estimate of drug-likeness (QED) is 0.783. The number of benzene rings is 2. The van der Waals surface area contributed by atoms with Gasteiger partial charge < -0.3 is 15.0 Å². The molecule has 1 saturated heterocycles. The van der Waals surface area contributed by atoms with Gasteiger partial charge in [-0.25, -0.2) is 0 Å². The summed E-state index contributed by atoms with van der Waals surface area (Å²) in [6, 6.07) is 18.1. The maximum absolute atomic E-state index is 13.1. The van der Waals surface area contributed by atoms with Gasteiger partial charge in [0.25, 0.3) is 5.91 Å². The summed E-state index contributed by atoms with van der Waals surface area (Å²) in [4.78, 5) is 15.0. The summed E-state index contributed by atoms with van der Waals surface area (Å²) in [5, 5.41) is 3.45. The predicted molar refractivity (Wildman–Crippen MR) is 117 cm³/mol. The SMILES string of the molecule is CC(C)Oc1cccc(C(=O)N(C)CC2(c3ccccc3)CCNCC2)c1.Cl. The molecule has 0 unspecified atom stereocenters. The lowest BCUT2D eigenvalue weighted by Gasteiger charge is -2.41. The van der Waals surface area contributed by atoms with Crippen molar-refractivity contribution in [3.05, 3.63) is 65.7 Å². The van der Waals surface area contributed by atoms with Crippen LogP contribution in [0, 0.1) is 0 Å². The molecule has 3 rings (SSSR count). The number of carbonyl (C=O) groups excluding carboxylic acids is 1. The van der Waals surface area contributed by atoms with Crippen LogP contribution in [0.5, 0.6) is 5.75 Å². The first-order valence-corrected chi connectivity index (χ1v) is 9.79. The molecule has 4 nitrogen and oxygen atoms in total. The van der Waals surface area contributed by atoms with Gasteiger partial charge in [0.05, 0.1) is 6.10 Å². The van der Waals surface area contributed by atoms with Crippen molar-refractivity contribution in [3.8, 4) is 5.75 Å². The Morgan fingerprint density at radius 1 is 1.11 bits per heavy atom. The first kappa shape index (κ1) is 22.3. The molecule has 1 fully saturated rings. The van der Waals surface area contributed by atoms with Crippen LogP contribution in [-0.2, 0) is 5.41 Å². The number of piperidine rings is 1. The van der Waals surface area contributed by atoms with Crippen molar-refractivity contribution in [2.45, 2.75) is 38.2 Å². The molecule has 0 radical (unpaired) electrons. The molecule has 0 atom stereocenters. The monoisotopic (exact) mass is 402 g/mol. The van der Waals surface area contributed by atoms with Crippen LogP contribution in [0.15, 0.2) is 54.6 Å². The van der Waals surface area contributed by atoms with Gasteiger partial charge in [-0.3, -0.25) is 4.79 Å². The van der Waals surface area contributed by atoms with E-state index in [1.54, 1.807) is 0 Å². The van der Waals surface area contributed by atoms with Gasteiger partial charge in [0, 0.05) is 24.6 Å². The summed E-state index contributed by atoms with van der Waals surface area (Å²) < 4.78 is 5.74. The van der Waals surface area contributed by atoms with Crippen molar-refractivity contribution in [1.82, 2.24) is 10.2 Å². The number of carbonyl (C=O) groups is 1. The van der Waals surface area contributed by atoms with Gasteiger partial charge in [0.1, 0.15) is 5.75 Å². The van der Waals surface area contributed by atoms with E-state index in [4.69, 9.17) is 4.74 Å². The van der Waals surface area contributed by atoms with Gasteiger partial charge in [0.15, 0.2) is 0 Å². The summed E-state index contributed by atoms with van der Waals surface area (Å²) in [6.45, 7) is 6.65. The van der Waals surface area contributed by atoms with Crippen molar-refractivity contribution in [2.75, 3.05) is 26.7 Å². The van der Waals surface area contributed by atoms with Crippen molar-refractivity contribution >= 4 is 18.3 Å². The number of likely N-dealkylation sites (N-methyl/N-ethyl adjacent to an activating group) is 1. The molecule has 2 aromatic carbocycles. The number of halogens is 1. The molecule has 2 aromatic rings. The summed E-state index contributed by atoms with van der Waals surface area (Å²) in [7, 11) is 1.91. The third-order valence-electron chi connectivity index (χ3n) is 5.29. The second-order valence-corrected chi connectivity index (χ2v) is 7.75. The Labute approximate surface area is 174 Å². The number of amides is 1. The Morgan fingerprint density at radius 2 is 1.79 bits per heavy atom. The Bertz CT molecular complexity index is 758. The molecule has 0 saturated carbocycles. The zero-order valence-corrected chi connectivity index (χ0v) is 17.8. The van der Waals surface area contributed by atoms with Crippen LogP contribution in [0.4, 0.5) is 0 Å². The van der Waals surface area contributed by atoms with Gasteiger partial charge in [-0.2, -0.15) is 0 Å². The zero-order chi connectivity index (χ0) is 19.3. The van der Waals surface area contributed by atoms with E-state index in [9.17, 15) is 4.79 Å². The van der Waals surface area contributed by atoms with E-state index in [-0.39, 0.29) is 29.8 Å². The minimum absolute atomic E-state index is 0. The summed E-state index contributed by atoms with van der Waals surface area (Å²) in [5.74, 6) is 0.780. The highest BCUT2D eigenvalue weighted by Crippen LogP contribution is 2.34. The first-order chi connectivity index (χ1) is 13.0. The molecule has 5 heteroatoms. The second-order valence-electron chi connectivity index (χ2n) is 7.75. The van der Waals surface area contributed by atoms with Gasteiger partial charge in [-0.15, -0.1) is 12.4 Å². The van der Waals surface area contributed by atoms with Crippen LogP contribution >= 0.6 is 12.4 Å². The highest BCUT2D eigenvalue weighted by atomic mass is 35.5. The number of hydrogen-bond acceptors (Lipinski definition) is 3. The number of nitrogens with one attached hydrogen (secondary N) is 1. The fraction of sp³-hybridized carbons (Fsp3) is 0.435. The van der Waals surface area contributed by atoms with Crippen LogP contribution in [0.25, 0.3) is 0 Å². The predicted octanol–water partition coefficient (Wildman–Crippen LogP) is 4.29. The maximum Gasteiger partial charge on any atom is 0.253 e. The van der Waals surface area contributed by atoms with Crippen LogP contribution < -0.4 is 10.1 Å². The van der Waals surface area contributed by atoms with E-state index < -0.39 is 0 Å². The summed E-state index contributed by atoms with van der Waals surface area (Å²) in [6.07, 6.45) is 2.15. The molecule has 1 heterocycles. The fourth-order valence-corrected chi connectivity index (χ4v) is 3.96. The number of nitrogens with zero attached hydrogens (tertiary/aromatic N) is 1. The van der Waals surface area contributed by atoms with Crippen molar-refractivity contribution < 1.29 is 9.53 Å². The van der Waals surface area contributed by atoms with Crippen LogP contribution in [-0.4, -0.2) is 43.6 Å². The van der Waals surface area contributed by atoms with Crippen molar-refractivity contribution in [2.24, 2.45) is 0 Å². The standard InChI is InChI=1S/C23H30N2O2.ClH/c1-18(2)27-21-11-7-8-19(16-21)22(26)25(3)17-23(12-14-24-15-13-23)20-9-5-4-6-10-20;/h4-11,16,18,24H,12-15,17H2,1-3H3;1H. The molecule has 28 heavy (non-hydrogen) atoms. The number of ether oxygens (including phenoxy) is 1. The van der Waals surface area contributed by atoms with E-state index in [1.807, 2.05) is 56.1 Å². The Balaban J connectivity index is 0.00000280. The lowest BCUT2D eigenvalue weighted by Crippen LogP contribution is -2.48. The molecule has 0 bridgehead atoms. The largest absolute Gasteiger partial charge is 0.491 e. The minimum Gasteiger partial charge on any atom is -0.491 e. The summed E-state index contributed by atoms with van der Waals surface area (Å²) >= 11 is 0. The Morgan fingerprint density at radius 3 is 2.43 bits per heavy atom. The third-order valence-corrected chi connectivity index (χ3v) is 5.29. The fourth-order valence-electron chi connectivity index (χ4n) is 3.96. The molecule has 1 amide bonds.